The van der Waals surface area contributed by atoms with Gasteiger partial charge in [0.2, 0.25) is 0 Å². The van der Waals surface area contributed by atoms with E-state index >= 15 is 0 Å². The molecule has 0 radical (unpaired) electrons. The zero-order valence-electron chi connectivity index (χ0n) is 16.6. The van der Waals surface area contributed by atoms with Crippen LogP contribution in [-0.4, -0.2) is 0 Å². The fourth-order valence-electron chi connectivity index (χ4n) is 5.59. The summed E-state index contributed by atoms with van der Waals surface area (Å²) in [6, 6.07) is 36.0. The third-order valence-corrected chi connectivity index (χ3v) is 8.19. The zero-order chi connectivity index (χ0) is 20.1. The van der Waals surface area contributed by atoms with E-state index in [1.807, 2.05) is 11.3 Å². The number of hydrogen-bond donors (Lipinski definition) is 0. The second-order valence-electron chi connectivity index (χ2n) is 8.53. The Balaban J connectivity index is 1.36. The molecule has 6 aromatic rings. The van der Waals surface area contributed by atoms with Crippen molar-refractivity contribution in [2.45, 2.75) is 0 Å². The molecule has 0 fully saturated rings. The lowest BCUT2D eigenvalue weighted by atomic mass is 9.97. The first-order valence-electron chi connectivity index (χ1n) is 10.7. The standard InChI is InChI=1S/C30H16S/c1-2-6-18-15-19(10-9-17(18)5-1)27-16-26-24-12-11-22-20-7-3-4-8-21(20)23-13-14-25(30(26)31-27)29(24)28(22)23/h1-16H. The van der Waals surface area contributed by atoms with Crippen molar-refractivity contribution in [2.75, 3.05) is 0 Å². The Kier molecular flexibility index (Phi) is 2.86. The van der Waals surface area contributed by atoms with E-state index in [2.05, 4.69) is 97.1 Å². The fourth-order valence-corrected chi connectivity index (χ4v) is 6.79. The highest BCUT2D eigenvalue weighted by Crippen LogP contribution is 2.58. The van der Waals surface area contributed by atoms with Gasteiger partial charge in [-0.25, -0.2) is 0 Å². The van der Waals surface area contributed by atoms with E-state index in [9.17, 15) is 0 Å². The Morgan fingerprint density at radius 3 is 1.81 bits per heavy atom. The van der Waals surface area contributed by atoms with E-state index < -0.39 is 0 Å². The van der Waals surface area contributed by atoms with Crippen molar-refractivity contribution in [3.8, 4) is 54.3 Å². The first kappa shape index (κ1) is 16.1. The largest absolute Gasteiger partial charge is 0.135 e. The molecule has 1 aromatic heterocycles. The number of thiophene rings is 1. The molecule has 0 aliphatic heterocycles. The Labute approximate surface area is 184 Å². The summed E-state index contributed by atoms with van der Waals surface area (Å²) in [6.07, 6.45) is 0. The molecule has 0 N–H and O–H groups in total. The van der Waals surface area contributed by atoms with Crippen LogP contribution >= 0.6 is 11.3 Å². The van der Waals surface area contributed by atoms with E-state index in [-0.39, 0.29) is 0 Å². The van der Waals surface area contributed by atoms with E-state index in [1.165, 1.54) is 75.8 Å². The molecule has 2 aliphatic carbocycles. The van der Waals surface area contributed by atoms with Crippen molar-refractivity contribution in [1.29, 1.82) is 0 Å². The molecular weight excluding hydrogens is 392 g/mol. The van der Waals surface area contributed by atoms with Gasteiger partial charge in [0.15, 0.2) is 0 Å². The average Bonchev–Trinajstić information content (AvgIpc) is 3.48. The van der Waals surface area contributed by atoms with Crippen LogP contribution in [0.25, 0.3) is 75.8 Å². The highest BCUT2D eigenvalue weighted by atomic mass is 32.1. The molecular formula is C30H16S. The van der Waals surface area contributed by atoms with E-state index in [4.69, 9.17) is 0 Å². The minimum atomic E-state index is 1.29. The number of benzene rings is 5. The maximum Gasteiger partial charge on any atom is 0.0434 e. The Bertz CT molecular complexity index is 1650. The summed E-state index contributed by atoms with van der Waals surface area (Å²) < 4.78 is 0. The van der Waals surface area contributed by atoms with Gasteiger partial charge in [0.1, 0.15) is 0 Å². The van der Waals surface area contributed by atoms with Crippen LogP contribution in [0, 0.1) is 0 Å². The van der Waals surface area contributed by atoms with Gasteiger partial charge in [-0.15, -0.1) is 11.3 Å². The molecule has 0 bridgehead atoms. The molecule has 0 spiro atoms. The van der Waals surface area contributed by atoms with Crippen LogP contribution in [0.4, 0.5) is 0 Å². The van der Waals surface area contributed by atoms with Gasteiger partial charge >= 0.3 is 0 Å². The SMILES string of the molecule is c1ccc2c(c1)-c1ccc3c4c(ccc-2c14)-c1sc(-c2ccc4ccccc4c2)cc1-3. The molecule has 2 aliphatic rings. The molecule has 0 atom stereocenters. The molecule has 0 amide bonds. The predicted molar refractivity (Wildman–Crippen MR) is 134 cm³/mol. The normalized spacial score (nSPS) is 12.5. The molecule has 1 heterocycles. The van der Waals surface area contributed by atoms with Gasteiger partial charge in [0.05, 0.1) is 0 Å². The quantitative estimate of drug-likeness (QED) is 0.254. The number of rotatable bonds is 1. The molecule has 0 unspecified atom stereocenters. The van der Waals surface area contributed by atoms with Crippen LogP contribution < -0.4 is 0 Å². The average molecular weight is 409 g/mol. The van der Waals surface area contributed by atoms with Crippen LogP contribution in [0.5, 0.6) is 0 Å². The molecule has 5 aromatic carbocycles. The highest BCUT2D eigenvalue weighted by molar-refractivity contribution is 7.19. The van der Waals surface area contributed by atoms with Gasteiger partial charge < -0.3 is 0 Å². The van der Waals surface area contributed by atoms with Crippen molar-refractivity contribution in [2.24, 2.45) is 0 Å². The maximum atomic E-state index is 2.41. The highest BCUT2D eigenvalue weighted by Gasteiger charge is 2.30. The summed E-state index contributed by atoms with van der Waals surface area (Å²) in [4.78, 5) is 2.76. The number of fused-ring (bicyclic) bond motifs is 7. The Hall–Kier alpha value is -3.68. The van der Waals surface area contributed by atoms with Crippen LogP contribution in [-0.2, 0) is 0 Å². The third kappa shape index (κ3) is 1.95. The lowest BCUT2D eigenvalue weighted by Crippen LogP contribution is -1.80. The molecule has 31 heavy (non-hydrogen) atoms. The Morgan fingerprint density at radius 1 is 0.419 bits per heavy atom. The summed E-state index contributed by atoms with van der Waals surface area (Å²) in [5.41, 5.74) is 11.0. The summed E-state index contributed by atoms with van der Waals surface area (Å²) in [5.74, 6) is 0. The van der Waals surface area contributed by atoms with Crippen molar-refractivity contribution in [3.05, 3.63) is 97.1 Å². The van der Waals surface area contributed by atoms with Crippen LogP contribution in [0.2, 0.25) is 0 Å². The summed E-state index contributed by atoms with van der Waals surface area (Å²) >= 11 is 1.93. The van der Waals surface area contributed by atoms with E-state index in [1.54, 1.807) is 0 Å². The Morgan fingerprint density at radius 2 is 1.03 bits per heavy atom. The van der Waals surface area contributed by atoms with Gasteiger partial charge in [-0.2, -0.15) is 0 Å². The van der Waals surface area contributed by atoms with Gasteiger partial charge in [0, 0.05) is 20.9 Å². The van der Waals surface area contributed by atoms with Crippen LogP contribution in [0.1, 0.15) is 0 Å². The summed E-state index contributed by atoms with van der Waals surface area (Å²) in [6.45, 7) is 0. The first-order valence-corrected chi connectivity index (χ1v) is 11.5. The zero-order valence-corrected chi connectivity index (χ0v) is 17.5. The van der Waals surface area contributed by atoms with Crippen molar-refractivity contribution in [3.63, 3.8) is 0 Å². The molecule has 0 saturated heterocycles. The molecule has 0 saturated carbocycles. The molecule has 1 heteroatoms. The minimum Gasteiger partial charge on any atom is -0.135 e. The third-order valence-electron chi connectivity index (χ3n) is 6.97. The van der Waals surface area contributed by atoms with Crippen molar-refractivity contribution < 1.29 is 0 Å². The van der Waals surface area contributed by atoms with Crippen molar-refractivity contribution in [1.82, 2.24) is 0 Å². The number of hydrogen-bond acceptors (Lipinski definition) is 1. The second-order valence-corrected chi connectivity index (χ2v) is 9.58. The lowest BCUT2D eigenvalue weighted by Gasteiger charge is -2.07. The van der Waals surface area contributed by atoms with Gasteiger partial charge in [0.25, 0.3) is 0 Å². The monoisotopic (exact) mass is 408 g/mol. The smallest absolute Gasteiger partial charge is 0.0434 e. The predicted octanol–water partition coefficient (Wildman–Crippen LogP) is 9.02. The van der Waals surface area contributed by atoms with Gasteiger partial charge in [-0.3, -0.25) is 0 Å². The van der Waals surface area contributed by atoms with E-state index in [0.29, 0.717) is 0 Å². The van der Waals surface area contributed by atoms with Gasteiger partial charge in [-0.1, -0.05) is 84.9 Å². The van der Waals surface area contributed by atoms with Crippen LogP contribution in [0.3, 0.4) is 0 Å². The van der Waals surface area contributed by atoms with Crippen molar-refractivity contribution >= 4 is 32.9 Å². The second kappa shape index (κ2) is 5.51. The fraction of sp³-hybridized carbons (Fsp3) is 0. The maximum absolute atomic E-state index is 2.41. The minimum absolute atomic E-state index is 1.29. The van der Waals surface area contributed by atoms with Gasteiger partial charge in [-0.05, 0) is 67.1 Å². The molecule has 0 nitrogen and oxygen atoms in total. The first-order chi connectivity index (χ1) is 15.4. The van der Waals surface area contributed by atoms with Crippen LogP contribution in [0.15, 0.2) is 97.1 Å². The lowest BCUT2D eigenvalue weighted by molar-refractivity contribution is 1.69. The summed E-state index contributed by atoms with van der Waals surface area (Å²) in [7, 11) is 0. The summed E-state index contributed by atoms with van der Waals surface area (Å²) in [5, 5.41) is 5.47. The molecule has 8 rings (SSSR count). The topological polar surface area (TPSA) is 0 Å². The van der Waals surface area contributed by atoms with E-state index in [0.717, 1.165) is 0 Å². The molecule has 142 valence electrons.